The Morgan fingerprint density at radius 1 is 0.944 bits per heavy atom. The summed E-state index contributed by atoms with van der Waals surface area (Å²) >= 11 is 0. The lowest BCUT2D eigenvalue weighted by Crippen LogP contribution is -2.51. The van der Waals surface area contributed by atoms with Gasteiger partial charge in [-0.05, 0) is 90.5 Å². The van der Waals surface area contributed by atoms with Crippen LogP contribution in [0.5, 0.6) is 0 Å². The normalized spacial score (nSPS) is 24.8. The summed E-state index contributed by atoms with van der Waals surface area (Å²) in [6.07, 6.45) is 3.54. The number of alkyl halides is 1. The highest BCUT2D eigenvalue weighted by molar-refractivity contribution is 5.98. The number of likely N-dealkylation sites (tertiary alicyclic amines) is 1. The van der Waals surface area contributed by atoms with Gasteiger partial charge in [0.25, 0.3) is 0 Å². The maximum atomic E-state index is 14.9. The number of halogens is 1. The largest absolute Gasteiger partial charge is 0.511 e. The summed E-state index contributed by atoms with van der Waals surface area (Å²) in [6, 6.07) is 4.59. The van der Waals surface area contributed by atoms with E-state index < -0.39 is 72.8 Å². The number of nitrogens with two attached hydrogens (primary N) is 1. The van der Waals surface area contributed by atoms with E-state index in [2.05, 4.69) is 5.32 Å². The van der Waals surface area contributed by atoms with Crippen molar-refractivity contribution < 1.29 is 51.7 Å². The van der Waals surface area contributed by atoms with E-state index in [1.165, 1.54) is 6.92 Å². The molecule has 2 aliphatic carbocycles. The molecule has 298 valence electrons. The van der Waals surface area contributed by atoms with Gasteiger partial charge < -0.3 is 39.3 Å². The minimum absolute atomic E-state index is 0.144. The summed E-state index contributed by atoms with van der Waals surface area (Å²) in [4.78, 5) is 68.4. The molecule has 2 aromatic rings. The number of fused-ring (bicyclic) bond motifs is 1. The van der Waals surface area contributed by atoms with Crippen molar-refractivity contribution in [1.82, 2.24) is 10.2 Å². The first-order chi connectivity index (χ1) is 25.6. The summed E-state index contributed by atoms with van der Waals surface area (Å²) in [7, 11) is 0. The van der Waals surface area contributed by atoms with Gasteiger partial charge in [-0.15, -0.1) is 0 Å². The number of carbonyl (C=O) groups excluding carboxylic acids is 5. The average molecular weight is 758 g/mol. The molecule has 3 fully saturated rings. The molecule has 1 aliphatic heterocycles. The first-order valence-electron chi connectivity index (χ1n) is 19.3. The summed E-state index contributed by atoms with van der Waals surface area (Å²) in [6.45, 7) is 9.11. The number of ether oxygens (including phenoxy) is 4. The monoisotopic (exact) mass is 757 g/mol. The van der Waals surface area contributed by atoms with Crippen LogP contribution in [-0.4, -0.2) is 71.7 Å². The number of rotatable bonds is 11. The van der Waals surface area contributed by atoms with Crippen molar-refractivity contribution in [3.63, 3.8) is 0 Å². The van der Waals surface area contributed by atoms with E-state index in [0.29, 0.717) is 48.6 Å². The van der Waals surface area contributed by atoms with Crippen molar-refractivity contribution >= 4 is 41.0 Å². The van der Waals surface area contributed by atoms with E-state index in [1.807, 2.05) is 0 Å². The summed E-state index contributed by atoms with van der Waals surface area (Å²) < 4.78 is 41.4. The lowest BCUT2D eigenvalue weighted by atomic mass is 9.75. The Morgan fingerprint density at radius 2 is 1.61 bits per heavy atom. The molecule has 3 amide bonds. The first kappa shape index (κ1) is 40.8. The molecule has 1 aromatic heterocycles. The molecular weight excluding hydrogens is 701 g/mol. The van der Waals surface area contributed by atoms with E-state index in [9.17, 15) is 28.4 Å². The smallest absolute Gasteiger partial charge is 0.449 e. The molecule has 5 rings (SSSR count). The first-order valence-corrected chi connectivity index (χ1v) is 19.3. The molecule has 1 saturated heterocycles. The highest BCUT2D eigenvalue weighted by atomic mass is 19.1. The minimum Gasteiger partial charge on any atom is -0.449 e. The van der Waals surface area contributed by atoms with Gasteiger partial charge in [0, 0.05) is 23.8 Å². The van der Waals surface area contributed by atoms with Gasteiger partial charge in [-0.25, -0.2) is 18.8 Å². The van der Waals surface area contributed by atoms with Crippen molar-refractivity contribution in [3.8, 4) is 0 Å². The Morgan fingerprint density at radius 3 is 2.22 bits per heavy atom. The lowest BCUT2D eigenvalue weighted by Gasteiger charge is -2.38. The van der Waals surface area contributed by atoms with Gasteiger partial charge in [0.2, 0.25) is 23.9 Å². The zero-order chi connectivity index (χ0) is 39.3. The average Bonchev–Trinajstić information content (AvgIpc) is 3.69. The van der Waals surface area contributed by atoms with Gasteiger partial charge in [-0.2, -0.15) is 0 Å². The molecule has 54 heavy (non-hydrogen) atoms. The number of benzene rings is 1. The zero-order valence-electron chi connectivity index (χ0n) is 32.3. The predicted octanol–water partition coefficient (Wildman–Crippen LogP) is 7.49. The van der Waals surface area contributed by atoms with Crippen molar-refractivity contribution in [3.05, 3.63) is 35.6 Å². The number of hydrogen-bond acceptors (Lipinski definition) is 10. The molecule has 2 saturated carbocycles. The maximum Gasteiger partial charge on any atom is 0.511 e. The molecule has 3 aliphatic rings. The molecule has 2 heterocycles. The Kier molecular flexibility index (Phi) is 13.2. The topological polar surface area (TPSA) is 177 Å². The number of furan rings is 1. The van der Waals surface area contributed by atoms with Crippen LogP contribution in [0.2, 0.25) is 0 Å². The minimum atomic E-state index is -1.33. The second-order valence-electron chi connectivity index (χ2n) is 16.3. The number of hydrogen-bond donors (Lipinski definition) is 2. The molecule has 5 atom stereocenters. The fraction of sp³-hybridized carbons (Fsp3) is 0.675. The lowest BCUT2D eigenvalue weighted by molar-refractivity contribution is -0.145. The Balaban J connectivity index is 1.46. The number of alkyl carbamates (subject to hydrolysis) is 1. The molecule has 3 N–H and O–H groups in total. The van der Waals surface area contributed by atoms with Crippen LogP contribution >= 0.6 is 0 Å². The molecular formula is C40H56FN3O10. The van der Waals surface area contributed by atoms with Crippen molar-refractivity contribution in [2.45, 2.75) is 142 Å². The highest BCUT2D eigenvalue weighted by Crippen LogP contribution is 2.51. The summed E-state index contributed by atoms with van der Waals surface area (Å²) in [5, 5.41) is 3.25. The quantitative estimate of drug-likeness (QED) is 0.133. The van der Waals surface area contributed by atoms with Crippen LogP contribution in [0, 0.1) is 23.7 Å². The standard InChI is InChI=1S/C40H56FN3O10/c1-22(2)50-39(49)52-23(3)51-37(47)34-32(27-14-10-11-15-31(27)53-34)30-20-28(24-12-8-7-9-13-24)33(35(42)45)44(30)36(46)26-18-16-25(17-19-26)29(21-41)43-38(48)54-40(4,5)6/h10-11,14-15,22-26,28-30,33H,7-9,12-13,16-21H2,1-6H3,(H2,42,45)(H,43,48)/t23?,25-,26-,28-,29?,30?,33-/m0/s1. The third kappa shape index (κ3) is 9.65. The van der Waals surface area contributed by atoms with Crippen LogP contribution < -0.4 is 11.1 Å². The third-order valence-electron chi connectivity index (χ3n) is 10.9. The molecule has 3 unspecified atom stereocenters. The number of nitrogens with one attached hydrogen (secondary N) is 1. The van der Waals surface area contributed by atoms with E-state index in [-0.39, 0.29) is 29.4 Å². The number of esters is 1. The van der Waals surface area contributed by atoms with Crippen LogP contribution in [0.3, 0.4) is 0 Å². The third-order valence-corrected chi connectivity index (χ3v) is 10.9. The Bertz CT molecular complexity index is 1660. The number of amides is 3. The van der Waals surface area contributed by atoms with Gasteiger partial charge in [-0.3, -0.25) is 9.59 Å². The van der Waals surface area contributed by atoms with Gasteiger partial charge in [-0.1, -0.05) is 50.3 Å². The van der Waals surface area contributed by atoms with Crippen molar-refractivity contribution in [2.24, 2.45) is 29.4 Å². The highest BCUT2D eigenvalue weighted by Gasteiger charge is 2.53. The molecule has 13 nitrogen and oxygen atoms in total. The van der Waals surface area contributed by atoms with Crippen LogP contribution in [0.1, 0.15) is 128 Å². The van der Waals surface area contributed by atoms with Gasteiger partial charge >= 0.3 is 18.2 Å². The molecule has 14 heteroatoms. The van der Waals surface area contributed by atoms with Crippen LogP contribution in [-0.2, 0) is 28.5 Å². The predicted molar refractivity (Wildman–Crippen MR) is 196 cm³/mol. The number of para-hydroxylation sites is 1. The van der Waals surface area contributed by atoms with E-state index in [1.54, 1.807) is 63.8 Å². The maximum absolute atomic E-state index is 14.9. The summed E-state index contributed by atoms with van der Waals surface area (Å²) in [5.41, 5.74) is 6.24. The zero-order valence-corrected chi connectivity index (χ0v) is 32.3. The molecule has 0 spiro atoms. The summed E-state index contributed by atoms with van der Waals surface area (Å²) in [5.74, 6) is -2.80. The second-order valence-corrected chi connectivity index (χ2v) is 16.3. The van der Waals surface area contributed by atoms with Crippen LogP contribution in [0.4, 0.5) is 14.0 Å². The molecule has 1 aromatic carbocycles. The van der Waals surface area contributed by atoms with Crippen LogP contribution in [0.25, 0.3) is 11.0 Å². The van der Waals surface area contributed by atoms with E-state index >= 15 is 0 Å². The van der Waals surface area contributed by atoms with Gasteiger partial charge in [0.1, 0.15) is 23.9 Å². The SMILES string of the molecule is CC(C)OC(=O)OC(C)OC(=O)c1oc2ccccc2c1C1C[C@@H](C2CCCCC2)[C@@H](C(N)=O)N1C(=O)[C@H]1CC[C@H](C(CF)NC(=O)OC(C)(C)C)CC1. The number of carbonyl (C=O) groups is 5. The van der Waals surface area contributed by atoms with E-state index in [0.717, 1.165) is 32.1 Å². The van der Waals surface area contributed by atoms with Crippen molar-refractivity contribution in [2.75, 3.05) is 6.67 Å². The van der Waals surface area contributed by atoms with Gasteiger partial charge in [0.15, 0.2) is 0 Å². The second kappa shape index (κ2) is 17.4. The number of primary amides is 1. The van der Waals surface area contributed by atoms with Gasteiger partial charge in [0.05, 0.1) is 18.2 Å². The Labute approximate surface area is 316 Å². The van der Waals surface area contributed by atoms with Crippen molar-refractivity contribution in [1.29, 1.82) is 0 Å². The molecule has 0 radical (unpaired) electrons. The van der Waals surface area contributed by atoms with E-state index in [4.69, 9.17) is 29.1 Å². The fourth-order valence-electron chi connectivity index (χ4n) is 8.66. The molecule has 0 bridgehead atoms. The Hall–Kier alpha value is -4.36. The van der Waals surface area contributed by atoms with Crippen LogP contribution in [0.15, 0.2) is 28.7 Å². The number of nitrogens with zero attached hydrogens (tertiary/aromatic N) is 1. The fourth-order valence-corrected chi connectivity index (χ4v) is 8.66.